The first-order chi connectivity index (χ1) is 10.1. The highest BCUT2D eigenvalue weighted by atomic mass is 16.2. The van der Waals surface area contributed by atoms with Crippen molar-refractivity contribution in [2.24, 2.45) is 12.5 Å². The highest BCUT2D eigenvalue weighted by molar-refractivity contribution is 5.90. The summed E-state index contributed by atoms with van der Waals surface area (Å²) in [5, 5.41) is 6.73. The van der Waals surface area contributed by atoms with Gasteiger partial charge in [-0.25, -0.2) is 9.48 Å². The second-order valence-electron chi connectivity index (χ2n) is 5.75. The summed E-state index contributed by atoms with van der Waals surface area (Å²) >= 11 is 0. The van der Waals surface area contributed by atoms with E-state index in [1.165, 1.54) is 12.6 Å². The number of carbonyl (C=O) groups excluding carboxylic acids is 1. The van der Waals surface area contributed by atoms with Crippen LogP contribution in [0.25, 0.3) is 0 Å². The van der Waals surface area contributed by atoms with Crippen LogP contribution in [-0.2, 0) is 13.5 Å². The van der Waals surface area contributed by atoms with Crippen molar-refractivity contribution in [1.82, 2.24) is 20.1 Å². The number of nitrogens with one attached hydrogen (secondary N) is 2. The number of nitrogens with zero attached hydrogens (tertiary/aromatic N) is 2. The van der Waals surface area contributed by atoms with Gasteiger partial charge in [-0.2, -0.15) is 0 Å². The highest BCUT2D eigenvalue weighted by Crippen LogP contribution is 2.47. The maximum Gasteiger partial charge on any atom is 0.343 e. The van der Waals surface area contributed by atoms with Crippen molar-refractivity contribution in [3.05, 3.63) is 52.2 Å². The largest absolute Gasteiger partial charge is 0.349 e. The predicted octanol–water partition coefficient (Wildman–Crippen LogP) is 0.861. The van der Waals surface area contributed by atoms with Gasteiger partial charge in [0.1, 0.15) is 0 Å². The third kappa shape index (κ3) is 3.04. The maximum absolute atomic E-state index is 12.0. The van der Waals surface area contributed by atoms with Crippen LogP contribution < -0.4 is 11.0 Å². The molecule has 1 aromatic heterocycles. The van der Waals surface area contributed by atoms with Crippen LogP contribution in [0.2, 0.25) is 0 Å². The summed E-state index contributed by atoms with van der Waals surface area (Å²) in [6, 6.07) is 10.3. The normalized spacial score (nSPS) is 15.7. The molecule has 0 aliphatic heterocycles. The van der Waals surface area contributed by atoms with E-state index in [-0.39, 0.29) is 22.8 Å². The van der Waals surface area contributed by atoms with Crippen molar-refractivity contribution >= 4 is 5.91 Å². The van der Waals surface area contributed by atoms with E-state index in [0.717, 1.165) is 23.9 Å². The number of hydrogen-bond acceptors (Lipinski definition) is 3. The van der Waals surface area contributed by atoms with E-state index in [2.05, 4.69) is 27.5 Å². The molecule has 0 saturated heterocycles. The second-order valence-corrected chi connectivity index (χ2v) is 5.75. The first-order valence-electron chi connectivity index (χ1n) is 7.03. The molecular formula is C15H18N4O2. The predicted molar refractivity (Wildman–Crippen MR) is 78.0 cm³/mol. The molecule has 0 bridgehead atoms. The Morgan fingerprint density at radius 3 is 2.67 bits per heavy atom. The number of carbonyl (C=O) groups is 1. The van der Waals surface area contributed by atoms with Gasteiger partial charge in [0.05, 0.1) is 0 Å². The summed E-state index contributed by atoms with van der Waals surface area (Å²) in [6.07, 6.45) is 3.19. The molecular weight excluding hydrogens is 268 g/mol. The third-order valence-corrected chi connectivity index (χ3v) is 3.99. The van der Waals surface area contributed by atoms with Gasteiger partial charge >= 0.3 is 5.69 Å². The summed E-state index contributed by atoms with van der Waals surface area (Å²) in [7, 11) is 1.51. The van der Waals surface area contributed by atoms with Crippen LogP contribution in [0, 0.1) is 5.41 Å². The third-order valence-electron chi connectivity index (χ3n) is 3.99. The van der Waals surface area contributed by atoms with Gasteiger partial charge in [-0.05, 0) is 30.2 Å². The fourth-order valence-corrected chi connectivity index (χ4v) is 2.48. The summed E-state index contributed by atoms with van der Waals surface area (Å²) < 4.78 is 1.12. The van der Waals surface area contributed by atoms with Gasteiger partial charge in [0, 0.05) is 13.6 Å². The Labute approximate surface area is 122 Å². The summed E-state index contributed by atoms with van der Waals surface area (Å²) in [5.41, 5.74) is 1.06. The molecule has 1 heterocycles. The number of aryl methyl sites for hydroxylation is 1. The lowest BCUT2D eigenvalue weighted by Crippen LogP contribution is -2.32. The second kappa shape index (κ2) is 5.20. The van der Waals surface area contributed by atoms with E-state index in [4.69, 9.17) is 0 Å². The zero-order valence-electron chi connectivity index (χ0n) is 11.9. The minimum absolute atomic E-state index is 0.0676. The van der Waals surface area contributed by atoms with Crippen LogP contribution in [-0.4, -0.2) is 27.2 Å². The van der Waals surface area contributed by atoms with Crippen LogP contribution >= 0.6 is 0 Å². The molecule has 6 nitrogen and oxygen atoms in total. The SMILES string of the molecule is Cn1nc(C(=O)NCC2(Cc3ccccc3)CC2)[nH]c1=O. The quantitative estimate of drug-likeness (QED) is 0.855. The van der Waals surface area contributed by atoms with Crippen LogP contribution in [0.15, 0.2) is 35.1 Å². The van der Waals surface area contributed by atoms with Crippen LogP contribution in [0.5, 0.6) is 0 Å². The molecule has 2 N–H and O–H groups in total. The fraction of sp³-hybridized carbons (Fsp3) is 0.400. The first kappa shape index (κ1) is 13.6. The lowest BCUT2D eigenvalue weighted by Gasteiger charge is -2.15. The number of H-pyrrole nitrogens is 1. The van der Waals surface area contributed by atoms with E-state index >= 15 is 0 Å². The summed E-state index contributed by atoms with van der Waals surface area (Å²) in [4.78, 5) is 25.7. The van der Waals surface area contributed by atoms with Crippen molar-refractivity contribution in [3.8, 4) is 0 Å². The first-order valence-corrected chi connectivity index (χ1v) is 7.03. The van der Waals surface area contributed by atoms with Gasteiger partial charge in [-0.1, -0.05) is 30.3 Å². The van der Waals surface area contributed by atoms with E-state index in [1.807, 2.05) is 18.2 Å². The Kier molecular flexibility index (Phi) is 3.37. The molecule has 21 heavy (non-hydrogen) atoms. The molecule has 0 atom stereocenters. The molecule has 2 aromatic rings. The molecule has 3 rings (SSSR count). The van der Waals surface area contributed by atoms with Gasteiger partial charge < -0.3 is 5.32 Å². The van der Waals surface area contributed by atoms with Crippen LogP contribution in [0.1, 0.15) is 29.0 Å². The summed E-state index contributed by atoms with van der Waals surface area (Å²) in [6.45, 7) is 0.610. The standard InChI is InChI=1S/C15H18N4O2/c1-19-14(21)17-12(18-19)13(20)16-10-15(7-8-15)9-11-5-3-2-4-6-11/h2-6H,7-10H2,1H3,(H,16,20)(H,17,18,21). The molecule has 1 amide bonds. The molecule has 1 aliphatic carbocycles. The molecule has 1 aromatic carbocycles. The zero-order chi connectivity index (χ0) is 14.9. The Hall–Kier alpha value is -2.37. The Morgan fingerprint density at radius 1 is 1.38 bits per heavy atom. The van der Waals surface area contributed by atoms with E-state index < -0.39 is 0 Å². The minimum atomic E-state index is -0.384. The number of aromatic amines is 1. The average molecular weight is 286 g/mol. The molecule has 0 unspecified atom stereocenters. The summed E-state index contributed by atoms with van der Waals surface area (Å²) in [5.74, 6) is -0.259. The number of hydrogen-bond donors (Lipinski definition) is 2. The topological polar surface area (TPSA) is 79.8 Å². The number of aromatic nitrogens is 3. The van der Waals surface area contributed by atoms with Gasteiger partial charge in [-0.15, -0.1) is 5.10 Å². The van der Waals surface area contributed by atoms with E-state index in [9.17, 15) is 9.59 Å². The molecule has 0 radical (unpaired) electrons. The van der Waals surface area contributed by atoms with Crippen molar-refractivity contribution in [2.45, 2.75) is 19.3 Å². The molecule has 0 spiro atoms. The molecule has 1 fully saturated rings. The fourth-order valence-electron chi connectivity index (χ4n) is 2.48. The van der Waals surface area contributed by atoms with Crippen molar-refractivity contribution < 1.29 is 4.79 Å². The number of benzene rings is 1. The lowest BCUT2D eigenvalue weighted by molar-refractivity contribution is 0.0934. The van der Waals surface area contributed by atoms with Crippen molar-refractivity contribution in [3.63, 3.8) is 0 Å². The van der Waals surface area contributed by atoms with Gasteiger partial charge in [-0.3, -0.25) is 9.78 Å². The average Bonchev–Trinajstić information content (AvgIpc) is 3.16. The van der Waals surface area contributed by atoms with Crippen LogP contribution in [0.4, 0.5) is 0 Å². The van der Waals surface area contributed by atoms with Crippen LogP contribution in [0.3, 0.4) is 0 Å². The highest BCUT2D eigenvalue weighted by Gasteiger charge is 2.42. The molecule has 1 aliphatic rings. The number of rotatable bonds is 5. The monoisotopic (exact) mass is 286 g/mol. The minimum Gasteiger partial charge on any atom is -0.349 e. The molecule has 1 saturated carbocycles. The van der Waals surface area contributed by atoms with E-state index in [1.54, 1.807) is 0 Å². The Morgan fingerprint density at radius 2 is 2.10 bits per heavy atom. The van der Waals surface area contributed by atoms with Gasteiger partial charge in [0.2, 0.25) is 5.82 Å². The zero-order valence-corrected chi connectivity index (χ0v) is 11.9. The Balaban J connectivity index is 1.59. The molecule has 6 heteroatoms. The smallest absolute Gasteiger partial charge is 0.343 e. The van der Waals surface area contributed by atoms with Gasteiger partial charge in [0.25, 0.3) is 5.91 Å². The van der Waals surface area contributed by atoms with E-state index in [0.29, 0.717) is 6.54 Å². The maximum atomic E-state index is 12.0. The van der Waals surface area contributed by atoms with Crippen molar-refractivity contribution in [1.29, 1.82) is 0 Å². The number of amides is 1. The Bertz CT molecular complexity index is 698. The van der Waals surface area contributed by atoms with Gasteiger partial charge in [0.15, 0.2) is 0 Å². The van der Waals surface area contributed by atoms with Crippen molar-refractivity contribution in [2.75, 3.05) is 6.54 Å². The lowest BCUT2D eigenvalue weighted by atomic mass is 9.96. The molecule has 110 valence electrons.